The van der Waals surface area contributed by atoms with Crippen LogP contribution in [0.4, 0.5) is 4.79 Å². The summed E-state index contributed by atoms with van der Waals surface area (Å²) in [7, 11) is 5.76. The number of thiophene rings is 1. The molecule has 0 spiro atoms. The first kappa shape index (κ1) is 14.4. The van der Waals surface area contributed by atoms with Gasteiger partial charge in [-0.3, -0.25) is 0 Å². The molecule has 2 heterocycles. The maximum atomic E-state index is 11.9. The molecule has 1 aromatic heterocycles. The van der Waals surface area contributed by atoms with Crippen LogP contribution in [-0.2, 0) is 4.74 Å². The minimum absolute atomic E-state index is 0.198. The van der Waals surface area contributed by atoms with Gasteiger partial charge in [-0.2, -0.15) is 11.3 Å². The highest BCUT2D eigenvalue weighted by atomic mass is 32.1. The van der Waals surface area contributed by atoms with Crippen LogP contribution in [0.1, 0.15) is 44.4 Å². The predicted molar refractivity (Wildman–Crippen MR) is 79.5 cm³/mol. The zero-order chi connectivity index (χ0) is 14.0. The first-order chi connectivity index (χ1) is 8.85. The Morgan fingerprint density at radius 2 is 2.00 bits per heavy atom. The first-order valence-electron chi connectivity index (χ1n) is 6.68. The fourth-order valence-electron chi connectivity index (χ4n) is 2.26. The summed E-state index contributed by atoms with van der Waals surface area (Å²) in [5.74, 6) is 0.529. The Morgan fingerprint density at radius 3 is 2.47 bits per heavy atom. The Bertz CT molecular complexity index is 445. The maximum absolute atomic E-state index is 11.9. The van der Waals surface area contributed by atoms with Crippen molar-refractivity contribution in [3.63, 3.8) is 0 Å². The Labute approximate surface area is 120 Å². The molecule has 1 aromatic rings. The second-order valence-corrected chi connectivity index (χ2v) is 7.13. The van der Waals surface area contributed by atoms with Gasteiger partial charge in [0.05, 0.1) is 0 Å². The molecule has 0 saturated carbocycles. The van der Waals surface area contributed by atoms with Crippen molar-refractivity contribution >= 4 is 30.1 Å². The normalized spacial score (nSPS) is 17.5. The van der Waals surface area contributed by atoms with Gasteiger partial charge in [-0.25, -0.2) is 4.79 Å². The van der Waals surface area contributed by atoms with Gasteiger partial charge in [0.1, 0.15) is 13.4 Å². The fraction of sp³-hybridized carbons (Fsp3) is 0.643. The summed E-state index contributed by atoms with van der Waals surface area (Å²) < 4.78 is 6.26. The van der Waals surface area contributed by atoms with Crippen LogP contribution in [0.3, 0.4) is 0 Å². The average molecular weight is 277 g/mol. The van der Waals surface area contributed by atoms with Gasteiger partial charge in [0.25, 0.3) is 0 Å². The zero-order valence-corrected chi connectivity index (χ0v) is 12.6. The lowest BCUT2D eigenvalue weighted by atomic mass is 9.95. The molecule has 2 radical (unpaired) electrons. The number of likely N-dealkylation sites (tertiary alicyclic amines) is 1. The summed E-state index contributed by atoms with van der Waals surface area (Å²) in [6.07, 6.45) is 1.77. The quantitative estimate of drug-likeness (QED) is 0.739. The van der Waals surface area contributed by atoms with Crippen molar-refractivity contribution in [3.05, 3.63) is 17.0 Å². The number of carbonyl (C=O) groups excluding carboxylic acids is 1. The van der Waals surface area contributed by atoms with E-state index in [9.17, 15) is 4.79 Å². The highest BCUT2D eigenvalue weighted by Crippen LogP contribution is 2.30. The van der Waals surface area contributed by atoms with Crippen LogP contribution < -0.4 is 4.78 Å². The van der Waals surface area contributed by atoms with E-state index in [1.165, 1.54) is 4.88 Å². The van der Waals surface area contributed by atoms with Crippen LogP contribution >= 0.6 is 11.3 Å². The summed E-state index contributed by atoms with van der Waals surface area (Å²) in [4.78, 5) is 15.1. The Balaban J connectivity index is 1.87. The summed E-state index contributed by atoms with van der Waals surface area (Å²) in [6, 6.07) is 4.06. The topological polar surface area (TPSA) is 29.5 Å². The van der Waals surface area contributed by atoms with Crippen molar-refractivity contribution in [2.75, 3.05) is 13.1 Å². The van der Waals surface area contributed by atoms with Crippen LogP contribution in [-0.4, -0.2) is 37.5 Å². The number of hydrogen-bond acceptors (Lipinski definition) is 3. The Hall–Kier alpha value is -0.965. The number of piperidine rings is 1. The van der Waals surface area contributed by atoms with E-state index < -0.39 is 5.60 Å². The highest BCUT2D eigenvalue weighted by Gasteiger charge is 2.27. The van der Waals surface area contributed by atoms with Crippen molar-refractivity contribution in [1.82, 2.24) is 4.90 Å². The number of amides is 1. The van der Waals surface area contributed by atoms with Crippen molar-refractivity contribution in [1.29, 1.82) is 0 Å². The second kappa shape index (κ2) is 5.57. The number of rotatable bonds is 1. The minimum atomic E-state index is -0.421. The standard InChI is InChI=1S/C14H20BNO2S/c1-14(2,3)18-13(17)16-8-6-10(7-9-16)11-4-5-12(15)19-11/h4-5,10H,6-9H2,1-3H3. The maximum Gasteiger partial charge on any atom is 0.410 e. The van der Waals surface area contributed by atoms with Gasteiger partial charge < -0.3 is 9.64 Å². The van der Waals surface area contributed by atoms with E-state index in [1.54, 1.807) is 16.2 Å². The molecule has 102 valence electrons. The smallest absolute Gasteiger partial charge is 0.410 e. The molecular weight excluding hydrogens is 257 g/mol. The molecule has 0 N–H and O–H groups in total. The molecule has 1 saturated heterocycles. The molecule has 0 aliphatic carbocycles. The van der Waals surface area contributed by atoms with E-state index in [0.717, 1.165) is 30.7 Å². The van der Waals surface area contributed by atoms with Crippen LogP contribution in [0.5, 0.6) is 0 Å². The number of ether oxygens (including phenoxy) is 1. The second-order valence-electron chi connectivity index (χ2n) is 5.98. The number of hydrogen-bond donors (Lipinski definition) is 0. The van der Waals surface area contributed by atoms with E-state index in [1.807, 2.05) is 26.8 Å². The van der Waals surface area contributed by atoms with E-state index in [4.69, 9.17) is 12.6 Å². The van der Waals surface area contributed by atoms with Gasteiger partial charge in [-0.05, 0) is 50.4 Å². The van der Waals surface area contributed by atoms with E-state index in [-0.39, 0.29) is 6.09 Å². The number of nitrogens with zero attached hydrogens (tertiary/aromatic N) is 1. The van der Waals surface area contributed by atoms with Crippen molar-refractivity contribution in [3.8, 4) is 0 Å². The van der Waals surface area contributed by atoms with Crippen LogP contribution in [0.15, 0.2) is 12.1 Å². The molecule has 0 aromatic carbocycles. The van der Waals surface area contributed by atoms with Crippen LogP contribution in [0.2, 0.25) is 0 Å². The number of carbonyl (C=O) groups is 1. The summed E-state index contributed by atoms with van der Waals surface area (Å²) in [5, 5.41) is 0. The van der Waals surface area contributed by atoms with Crippen LogP contribution in [0, 0.1) is 0 Å². The van der Waals surface area contributed by atoms with Crippen molar-refractivity contribution in [2.45, 2.75) is 45.1 Å². The summed E-state index contributed by atoms with van der Waals surface area (Å²) in [5.41, 5.74) is -0.421. The van der Waals surface area contributed by atoms with E-state index in [2.05, 4.69) is 6.07 Å². The largest absolute Gasteiger partial charge is 0.444 e. The summed E-state index contributed by atoms with van der Waals surface area (Å²) in [6.45, 7) is 7.21. The molecular formula is C14H20BNO2S. The summed E-state index contributed by atoms with van der Waals surface area (Å²) >= 11 is 1.66. The van der Waals surface area contributed by atoms with Gasteiger partial charge in [-0.1, -0.05) is 6.07 Å². The fourth-order valence-corrected chi connectivity index (χ4v) is 3.21. The molecule has 1 amide bonds. The lowest BCUT2D eigenvalue weighted by molar-refractivity contribution is 0.0205. The Kier molecular flexibility index (Phi) is 4.24. The molecule has 5 heteroatoms. The van der Waals surface area contributed by atoms with Gasteiger partial charge >= 0.3 is 6.09 Å². The molecule has 1 aliphatic rings. The molecule has 0 atom stereocenters. The molecule has 19 heavy (non-hydrogen) atoms. The SMILES string of the molecule is [B]c1ccc(C2CCN(C(=O)OC(C)(C)C)CC2)s1. The third-order valence-electron chi connectivity index (χ3n) is 3.20. The average Bonchev–Trinajstić information content (AvgIpc) is 2.74. The van der Waals surface area contributed by atoms with Crippen molar-refractivity contribution < 1.29 is 9.53 Å². The Morgan fingerprint density at radius 1 is 1.37 bits per heavy atom. The van der Waals surface area contributed by atoms with Crippen LogP contribution in [0.25, 0.3) is 0 Å². The van der Waals surface area contributed by atoms with Gasteiger partial charge in [0.2, 0.25) is 0 Å². The third kappa shape index (κ3) is 4.00. The van der Waals surface area contributed by atoms with E-state index >= 15 is 0 Å². The van der Waals surface area contributed by atoms with E-state index in [0.29, 0.717) is 5.92 Å². The molecule has 1 fully saturated rings. The monoisotopic (exact) mass is 277 g/mol. The molecule has 1 aliphatic heterocycles. The molecule has 0 bridgehead atoms. The van der Waals surface area contributed by atoms with Crippen molar-refractivity contribution in [2.24, 2.45) is 0 Å². The minimum Gasteiger partial charge on any atom is -0.444 e. The van der Waals surface area contributed by atoms with Gasteiger partial charge in [-0.15, -0.1) is 0 Å². The molecule has 0 unspecified atom stereocenters. The molecule has 3 nitrogen and oxygen atoms in total. The van der Waals surface area contributed by atoms with Gasteiger partial charge in [0, 0.05) is 18.0 Å². The van der Waals surface area contributed by atoms with Gasteiger partial charge in [0.15, 0.2) is 0 Å². The first-order valence-corrected chi connectivity index (χ1v) is 7.50. The lowest BCUT2D eigenvalue weighted by Gasteiger charge is -2.33. The molecule has 2 rings (SSSR count). The highest BCUT2D eigenvalue weighted by molar-refractivity contribution is 7.20. The predicted octanol–water partition coefficient (Wildman–Crippen LogP) is 2.66. The zero-order valence-electron chi connectivity index (χ0n) is 11.8. The lowest BCUT2D eigenvalue weighted by Crippen LogP contribution is -2.41. The third-order valence-corrected chi connectivity index (χ3v) is 4.27.